The Morgan fingerprint density at radius 1 is 1.11 bits per heavy atom. The van der Waals surface area contributed by atoms with Crippen LogP contribution >= 0.6 is 0 Å². The Bertz CT molecular complexity index is 923. The van der Waals surface area contributed by atoms with Crippen LogP contribution in [-0.2, 0) is 4.79 Å². The van der Waals surface area contributed by atoms with Crippen LogP contribution < -0.4 is 20.7 Å². The Morgan fingerprint density at radius 3 is 2.44 bits per heavy atom. The number of methoxy groups -OCH3 is 1. The zero-order valence-corrected chi connectivity index (χ0v) is 14.6. The van der Waals surface area contributed by atoms with E-state index in [4.69, 9.17) is 4.74 Å². The molecule has 0 aliphatic carbocycles. The maximum absolute atomic E-state index is 14.3. The summed E-state index contributed by atoms with van der Waals surface area (Å²) in [5.41, 5.74) is 0.162. The van der Waals surface area contributed by atoms with Gasteiger partial charge in [-0.2, -0.15) is 0 Å². The van der Waals surface area contributed by atoms with E-state index in [0.29, 0.717) is 11.4 Å². The van der Waals surface area contributed by atoms with E-state index < -0.39 is 35.2 Å². The van der Waals surface area contributed by atoms with Crippen LogP contribution in [0.2, 0.25) is 0 Å². The molecule has 1 atom stereocenters. The van der Waals surface area contributed by atoms with Crippen molar-refractivity contribution in [3.05, 3.63) is 70.9 Å². The van der Waals surface area contributed by atoms with Crippen molar-refractivity contribution in [2.45, 2.75) is 13.0 Å². The van der Waals surface area contributed by atoms with Crippen molar-refractivity contribution in [1.82, 2.24) is 10.6 Å². The summed E-state index contributed by atoms with van der Waals surface area (Å²) in [4.78, 5) is 24.8. The molecule has 3 amide bonds. The van der Waals surface area contributed by atoms with Crippen LogP contribution in [0, 0.1) is 11.6 Å². The van der Waals surface area contributed by atoms with Gasteiger partial charge < -0.3 is 20.7 Å². The van der Waals surface area contributed by atoms with Gasteiger partial charge in [0.1, 0.15) is 17.4 Å². The van der Waals surface area contributed by atoms with Crippen molar-refractivity contribution >= 4 is 17.6 Å². The molecule has 140 valence electrons. The number of anilines is 1. The van der Waals surface area contributed by atoms with Crippen molar-refractivity contribution in [3.63, 3.8) is 0 Å². The minimum absolute atomic E-state index is 0.00972. The van der Waals surface area contributed by atoms with Crippen molar-refractivity contribution in [3.8, 4) is 5.75 Å². The van der Waals surface area contributed by atoms with Gasteiger partial charge in [-0.1, -0.05) is 18.2 Å². The molecule has 6 nitrogen and oxygen atoms in total. The molecule has 27 heavy (non-hydrogen) atoms. The molecule has 0 aromatic heterocycles. The number of hydrogen-bond donors (Lipinski definition) is 3. The quantitative estimate of drug-likeness (QED) is 0.770. The number of carbonyl (C=O) groups is 2. The first-order chi connectivity index (χ1) is 12.9. The van der Waals surface area contributed by atoms with E-state index >= 15 is 0 Å². The second-order valence-electron chi connectivity index (χ2n) is 5.86. The monoisotopic (exact) mass is 373 g/mol. The number of rotatable bonds is 4. The van der Waals surface area contributed by atoms with E-state index in [2.05, 4.69) is 16.0 Å². The van der Waals surface area contributed by atoms with Crippen LogP contribution in [0.15, 0.2) is 53.7 Å². The van der Waals surface area contributed by atoms with Crippen LogP contribution in [0.5, 0.6) is 5.75 Å². The molecule has 0 spiro atoms. The van der Waals surface area contributed by atoms with Gasteiger partial charge in [0, 0.05) is 5.70 Å². The number of ether oxygens (including phenoxy) is 1. The fraction of sp³-hybridized carbons (Fsp3) is 0.158. The van der Waals surface area contributed by atoms with Gasteiger partial charge >= 0.3 is 6.03 Å². The number of urea groups is 1. The van der Waals surface area contributed by atoms with Crippen LogP contribution in [0.25, 0.3) is 0 Å². The van der Waals surface area contributed by atoms with E-state index in [0.717, 1.165) is 12.1 Å². The molecule has 0 unspecified atom stereocenters. The van der Waals surface area contributed by atoms with E-state index in [9.17, 15) is 18.4 Å². The van der Waals surface area contributed by atoms with Crippen molar-refractivity contribution in [1.29, 1.82) is 0 Å². The summed E-state index contributed by atoms with van der Waals surface area (Å²) in [7, 11) is 1.45. The van der Waals surface area contributed by atoms with E-state index in [1.165, 1.54) is 20.1 Å². The Morgan fingerprint density at radius 2 is 1.78 bits per heavy atom. The van der Waals surface area contributed by atoms with Crippen molar-refractivity contribution in [2.75, 3.05) is 12.4 Å². The second-order valence-corrected chi connectivity index (χ2v) is 5.86. The third-order valence-electron chi connectivity index (χ3n) is 4.16. The SMILES string of the molecule is COc1ccccc1NC(=O)C1=C(C)NC(=O)N[C@@H]1c1c(F)cccc1F. The van der Waals surface area contributed by atoms with Crippen LogP contribution in [0.3, 0.4) is 0 Å². The highest BCUT2D eigenvalue weighted by molar-refractivity contribution is 6.07. The largest absolute Gasteiger partial charge is 0.495 e. The lowest BCUT2D eigenvalue weighted by molar-refractivity contribution is -0.113. The first-order valence-corrected chi connectivity index (χ1v) is 8.09. The third kappa shape index (κ3) is 3.59. The molecule has 0 bridgehead atoms. The lowest BCUT2D eigenvalue weighted by Gasteiger charge is -2.29. The normalized spacial score (nSPS) is 16.4. The molecule has 2 aromatic carbocycles. The highest BCUT2D eigenvalue weighted by atomic mass is 19.1. The van der Waals surface area contributed by atoms with E-state index in [1.807, 2.05) is 0 Å². The smallest absolute Gasteiger partial charge is 0.319 e. The van der Waals surface area contributed by atoms with Crippen LogP contribution in [0.4, 0.5) is 19.3 Å². The Balaban J connectivity index is 2.03. The molecule has 0 radical (unpaired) electrons. The topological polar surface area (TPSA) is 79.5 Å². The molecule has 0 fully saturated rings. The summed E-state index contributed by atoms with van der Waals surface area (Å²) in [6, 6.07) is 8.13. The zero-order chi connectivity index (χ0) is 19.6. The summed E-state index contributed by atoms with van der Waals surface area (Å²) in [6.45, 7) is 1.49. The minimum Gasteiger partial charge on any atom is -0.495 e. The van der Waals surface area contributed by atoms with Gasteiger partial charge in [0.2, 0.25) is 0 Å². The fourth-order valence-corrected chi connectivity index (χ4v) is 2.94. The van der Waals surface area contributed by atoms with Gasteiger partial charge in [0.25, 0.3) is 5.91 Å². The number of para-hydroxylation sites is 2. The number of hydrogen-bond acceptors (Lipinski definition) is 3. The molecule has 2 aromatic rings. The average molecular weight is 373 g/mol. The summed E-state index contributed by atoms with van der Waals surface area (Å²) in [5.74, 6) is -1.93. The molecule has 8 heteroatoms. The number of carbonyl (C=O) groups excluding carboxylic acids is 2. The zero-order valence-electron chi connectivity index (χ0n) is 14.6. The molecule has 1 aliphatic rings. The van der Waals surface area contributed by atoms with E-state index in [-0.39, 0.29) is 11.3 Å². The first kappa shape index (κ1) is 18.4. The third-order valence-corrected chi connectivity index (χ3v) is 4.16. The van der Waals surface area contributed by atoms with Gasteiger partial charge in [0.15, 0.2) is 0 Å². The van der Waals surface area contributed by atoms with Gasteiger partial charge in [-0.05, 0) is 31.2 Å². The average Bonchev–Trinajstić information content (AvgIpc) is 2.61. The fourth-order valence-electron chi connectivity index (χ4n) is 2.94. The lowest BCUT2D eigenvalue weighted by atomic mass is 9.94. The Labute approximate surface area is 154 Å². The predicted octanol–water partition coefficient (Wildman–Crippen LogP) is 3.24. The summed E-state index contributed by atoms with van der Waals surface area (Å²) in [5, 5.41) is 7.52. The van der Waals surface area contributed by atoms with Gasteiger partial charge in [-0.3, -0.25) is 4.79 Å². The Hall–Kier alpha value is -3.42. The second kappa shape index (κ2) is 7.45. The van der Waals surface area contributed by atoms with Crippen molar-refractivity contribution in [2.24, 2.45) is 0 Å². The van der Waals surface area contributed by atoms with Gasteiger partial charge in [-0.15, -0.1) is 0 Å². The molecule has 3 rings (SSSR count). The number of benzene rings is 2. The molecular weight excluding hydrogens is 356 g/mol. The van der Waals surface area contributed by atoms with Crippen LogP contribution in [0.1, 0.15) is 18.5 Å². The van der Waals surface area contributed by atoms with Gasteiger partial charge in [0.05, 0.1) is 30.0 Å². The van der Waals surface area contributed by atoms with Crippen molar-refractivity contribution < 1.29 is 23.1 Å². The lowest BCUT2D eigenvalue weighted by Crippen LogP contribution is -2.46. The molecular formula is C19H17F2N3O3. The molecule has 1 aliphatic heterocycles. The number of nitrogens with one attached hydrogen (secondary N) is 3. The van der Waals surface area contributed by atoms with E-state index in [1.54, 1.807) is 24.3 Å². The number of amides is 3. The van der Waals surface area contributed by atoms with Crippen LogP contribution in [-0.4, -0.2) is 19.0 Å². The summed E-state index contributed by atoms with van der Waals surface area (Å²) in [6.07, 6.45) is 0. The minimum atomic E-state index is -1.28. The molecule has 0 saturated carbocycles. The summed E-state index contributed by atoms with van der Waals surface area (Å²) < 4.78 is 33.8. The number of halogens is 2. The highest BCUT2D eigenvalue weighted by Gasteiger charge is 2.34. The first-order valence-electron chi connectivity index (χ1n) is 8.09. The highest BCUT2D eigenvalue weighted by Crippen LogP contribution is 2.32. The number of allylic oxidation sites excluding steroid dienone is 1. The van der Waals surface area contributed by atoms with Gasteiger partial charge in [-0.25, -0.2) is 13.6 Å². The summed E-state index contributed by atoms with van der Waals surface area (Å²) >= 11 is 0. The molecule has 0 saturated heterocycles. The maximum Gasteiger partial charge on any atom is 0.319 e. The predicted molar refractivity (Wildman–Crippen MR) is 95.1 cm³/mol. The standard InChI is InChI=1S/C19H17F2N3O3/c1-10-15(18(25)23-13-8-3-4-9-14(13)27-2)17(24-19(26)22-10)16-11(20)6-5-7-12(16)21/h3-9,17H,1-2H3,(H,23,25)(H2,22,24,26)/t17-/m0/s1. The molecule has 3 N–H and O–H groups in total. The molecule has 1 heterocycles. The Kier molecular flexibility index (Phi) is 5.07. The maximum atomic E-state index is 14.3.